The van der Waals surface area contributed by atoms with Crippen LogP contribution in [0.4, 0.5) is 0 Å². The summed E-state index contributed by atoms with van der Waals surface area (Å²) >= 11 is 0. The number of aliphatic hydroxyl groups excluding tert-OH is 1. The van der Waals surface area contributed by atoms with Crippen LogP contribution >= 0.6 is 0 Å². The van der Waals surface area contributed by atoms with Crippen LogP contribution in [0.1, 0.15) is 129 Å². The second kappa shape index (κ2) is 26.5. The molecule has 0 saturated heterocycles. The highest BCUT2D eigenvalue weighted by atomic mass is 32.2. The Labute approximate surface area is 239 Å². The fourth-order valence-electron chi connectivity index (χ4n) is 4.23. The van der Waals surface area contributed by atoms with Crippen molar-refractivity contribution in [1.82, 2.24) is 5.32 Å². The molecule has 2 unspecified atom stereocenters. The van der Waals surface area contributed by atoms with Gasteiger partial charge in [0.05, 0.1) is 17.9 Å². The van der Waals surface area contributed by atoms with E-state index in [0.29, 0.717) is 6.42 Å². The fraction of sp³-hybridized carbons (Fsp3) is 0.719. The summed E-state index contributed by atoms with van der Waals surface area (Å²) in [6, 6.07) is -1.06. The van der Waals surface area contributed by atoms with E-state index >= 15 is 0 Å². The van der Waals surface area contributed by atoms with Gasteiger partial charge < -0.3 is 10.4 Å². The smallest absolute Gasteiger partial charge is 0.267 e. The van der Waals surface area contributed by atoms with Gasteiger partial charge in [0.25, 0.3) is 10.1 Å². The van der Waals surface area contributed by atoms with Gasteiger partial charge in [0, 0.05) is 6.42 Å². The Morgan fingerprint density at radius 3 is 1.82 bits per heavy atom. The molecule has 0 aliphatic rings. The highest BCUT2D eigenvalue weighted by Gasteiger charge is 2.24. The van der Waals surface area contributed by atoms with Crippen molar-refractivity contribution >= 4 is 16.0 Å². The maximum atomic E-state index is 12.4. The van der Waals surface area contributed by atoms with Gasteiger partial charge in [0.15, 0.2) is 0 Å². The molecular formula is C32H57NO5S. The van der Waals surface area contributed by atoms with E-state index in [1.54, 1.807) is 0 Å². The molecule has 0 spiro atoms. The summed E-state index contributed by atoms with van der Waals surface area (Å²) in [6.07, 6.45) is 33.8. The van der Waals surface area contributed by atoms with E-state index in [2.05, 4.69) is 55.6 Å². The number of nitrogens with one attached hydrogen (secondary N) is 1. The summed E-state index contributed by atoms with van der Waals surface area (Å²) in [5.74, 6) is -1.01. The van der Waals surface area contributed by atoms with Gasteiger partial charge in [-0.05, 0) is 51.4 Å². The predicted molar refractivity (Wildman–Crippen MR) is 165 cm³/mol. The second-order valence-corrected chi connectivity index (χ2v) is 11.8. The van der Waals surface area contributed by atoms with Crippen LogP contribution in [-0.4, -0.2) is 41.9 Å². The summed E-state index contributed by atoms with van der Waals surface area (Å²) < 4.78 is 32.1. The van der Waals surface area contributed by atoms with Crippen LogP contribution in [0.2, 0.25) is 0 Å². The van der Waals surface area contributed by atoms with Crippen molar-refractivity contribution in [3.8, 4) is 0 Å². The van der Waals surface area contributed by atoms with Crippen molar-refractivity contribution in [2.75, 3.05) is 5.75 Å². The monoisotopic (exact) mass is 567 g/mol. The van der Waals surface area contributed by atoms with Crippen LogP contribution in [0.15, 0.2) is 48.6 Å². The minimum absolute atomic E-state index is 0.274. The van der Waals surface area contributed by atoms with Crippen LogP contribution < -0.4 is 5.32 Å². The first-order chi connectivity index (χ1) is 18.8. The predicted octanol–water partition coefficient (Wildman–Crippen LogP) is 8.01. The van der Waals surface area contributed by atoms with Gasteiger partial charge in [-0.25, -0.2) is 0 Å². The third-order valence-corrected chi connectivity index (χ3v) is 7.29. The molecule has 0 fully saturated rings. The molecule has 1 amide bonds. The summed E-state index contributed by atoms with van der Waals surface area (Å²) in [5.41, 5.74) is 0. The fourth-order valence-corrected chi connectivity index (χ4v) is 4.96. The SMILES string of the molecule is CC/C=C\C/C=C\C/C=C\CCCCCCCC(=O)NC(CS(=O)(=O)O)C(O)/C=C/CCCCCCCCC. The van der Waals surface area contributed by atoms with Gasteiger partial charge in [-0.3, -0.25) is 9.35 Å². The Hall–Kier alpha value is -1.70. The molecule has 39 heavy (non-hydrogen) atoms. The zero-order valence-corrected chi connectivity index (χ0v) is 25.6. The highest BCUT2D eigenvalue weighted by Crippen LogP contribution is 2.11. The van der Waals surface area contributed by atoms with Crippen LogP contribution in [0.5, 0.6) is 0 Å². The van der Waals surface area contributed by atoms with Crippen molar-refractivity contribution in [1.29, 1.82) is 0 Å². The first-order valence-corrected chi connectivity index (χ1v) is 16.9. The lowest BCUT2D eigenvalue weighted by Gasteiger charge is -2.21. The number of carbonyl (C=O) groups is 1. The minimum Gasteiger partial charge on any atom is -0.387 e. The molecule has 0 saturated carbocycles. The van der Waals surface area contributed by atoms with Gasteiger partial charge in [0.2, 0.25) is 5.91 Å². The van der Waals surface area contributed by atoms with Gasteiger partial charge in [-0.15, -0.1) is 0 Å². The van der Waals surface area contributed by atoms with Crippen LogP contribution in [0.3, 0.4) is 0 Å². The molecule has 6 nitrogen and oxygen atoms in total. The standard InChI is InChI=1S/C32H57NO5S/c1-3-5-7-9-11-13-14-15-16-17-18-20-22-24-26-28-32(35)33-30(29-39(36,37)38)31(34)27-25-23-21-19-12-10-8-6-4-2/h5,7,11,13,15-16,25,27,30-31,34H,3-4,6,8-10,12,14,17-24,26,28-29H2,1-2H3,(H,33,35)(H,36,37,38)/b7-5-,13-11-,16-15-,27-25+. The van der Waals surface area contributed by atoms with Crippen LogP contribution in [-0.2, 0) is 14.9 Å². The first kappa shape index (κ1) is 37.3. The average Bonchev–Trinajstić information content (AvgIpc) is 2.88. The molecule has 0 bridgehead atoms. The Morgan fingerprint density at radius 1 is 0.718 bits per heavy atom. The molecule has 226 valence electrons. The van der Waals surface area contributed by atoms with E-state index < -0.39 is 28.0 Å². The summed E-state index contributed by atoms with van der Waals surface area (Å²) in [7, 11) is -4.34. The number of hydrogen-bond acceptors (Lipinski definition) is 4. The van der Waals surface area contributed by atoms with Gasteiger partial charge in [-0.2, -0.15) is 8.42 Å². The maximum absolute atomic E-state index is 12.4. The minimum atomic E-state index is -4.34. The molecule has 7 heteroatoms. The van der Waals surface area contributed by atoms with Crippen molar-refractivity contribution < 1.29 is 22.9 Å². The van der Waals surface area contributed by atoms with Gasteiger partial charge in [-0.1, -0.05) is 120 Å². The number of rotatable bonds is 26. The molecule has 0 radical (unpaired) electrons. The molecule has 0 heterocycles. The summed E-state index contributed by atoms with van der Waals surface area (Å²) in [4.78, 5) is 12.4. The Kier molecular flexibility index (Phi) is 25.4. The molecule has 0 rings (SSSR count). The lowest BCUT2D eigenvalue weighted by Crippen LogP contribution is -2.46. The third-order valence-electron chi connectivity index (χ3n) is 6.51. The molecule has 0 aromatic carbocycles. The van der Waals surface area contributed by atoms with E-state index in [0.717, 1.165) is 70.6 Å². The number of hydrogen-bond donors (Lipinski definition) is 3. The summed E-state index contributed by atoms with van der Waals surface area (Å²) in [5, 5.41) is 13.0. The molecule has 0 aliphatic heterocycles. The van der Waals surface area contributed by atoms with E-state index in [4.69, 9.17) is 0 Å². The zero-order chi connectivity index (χ0) is 29.0. The average molecular weight is 568 g/mol. The number of aliphatic hydroxyl groups is 1. The molecule has 0 aromatic heterocycles. The Morgan fingerprint density at radius 2 is 1.23 bits per heavy atom. The second-order valence-electron chi connectivity index (χ2n) is 10.4. The normalized spacial score (nSPS) is 14.3. The van der Waals surface area contributed by atoms with Crippen LogP contribution in [0.25, 0.3) is 0 Å². The Bertz CT molecular complexity index is 801. The molecule has 2 atom stereocenters. The molecule has 0 aromatic rings. The third kappa shape index (κ3) is 27.7. The number of carbonyl (C=O) groups excluding carboxylic acids is 1. The van der Waals surface area contributed by atoms with E-state index in [1.165, 1.54) is 38.2 Å². The topological polar surface area (TPSA) is 104 Å². The van der Waals surface area contributed by atoms with Crippen molar-refractivity contribution in [2.24, 2.45) is 0 Å². The van der Waals surface area contributed by atoms with Crippen molar-refractivity contribution in [2.45, 2.75) is 142 Å². The van der Waals surface area contributed by atoms with Crippen molar-refractivity contribution in [3.05, 3.63) is 48.6 Å². The Balaban J connectivity index is 4.11. The van der Waals surface area contributed by atoms with E-state index in [9.17, 15) is 22.9 Å². The first-order valence-electron chi connectivity index (χ1n) is 15.3. The lowest BCUT2D eigenvalue weighted by molar-refractivity contribution is -0.122. The quantitative estimate of drug-likeness (QED) is 0.0558. The summed E-state index contributed by atoms with van der Waals surface area (Å²) in [6.45, 7) is 4.33. The number of allylic oxidation sites excluding steroid dienone is 7. The molecule has 0 aliphatic carbocycles. The lowest BCUT2D eigenvalue weighted by atomic mass is 10.1. The van der Waals surface area contributed by atoms with E-state index in [-0.39, 0.29) is 12.3 Å². The molecular weight excluding hydrogens is 510 g/mol. The number of amides is 1. The van der Waals surface area contributed by atoms with E-state index in [1.807, 2.05) is 6.08 Å². The van der Waals surface area contributed by atoms with Gasteiger partial charge in [0.1, 0.15) is 0 Å². The molecule has 3 N–H and O–H groups in total. The zero-order valence-electron chi connectivity index (χ0n) is 24.7. The van der Waals surface area contributed by atoms with Crippen molar-refractivity contribution in [3.63, 3.8) is 0 Å². The largest absolute Gasteiger partial charge is 0.387 e. The van der Waals surface area contributed by atoms with Crippen LogP contribution in [0, 0.1) is 0 Å². The van der Waals surface area contributed by atoms with Gasteiger partial charge >= 0.3 is 0 Å². The highest BCUT2D eigenvalue weighted by molar-refractivity contribution is 7.85. The maximum Gasteiger partial charge on any atom is 0.267 e. The number of unbranched alkanes of at least 4 members (excludes halogenated alkanes) is 12.